The van der Waals surface area contributed by atoms with E-state index in [1.807, 2.05) is 0 Å². The zero-order valence-corrected chi connectivity index (χ0v) is 10.6. The minimum atomic E-state index is -1.76. The summed E-state index contributed by atoms with van der Waals surface area (Å²) in [5.41, 5.74) is -3.02. The summed E-state index contributed by atoms with van der Waals surface area (Å²) in [6.07, 6.45) is 0. The molecule has 98 valence electrons. The Labute approximate surface area is 105 Å². The lowest BCUT2D eigenvalue weighted by molar-refractivity contribution is -0.153. The largest absolute Gasteiger partial charge is 0.479 e. The van der Waals surface area contributed by atoms with Crippen LogP contribution in [0.5, 0.6) is 0 Å². The predicted octanol–water partition coefficient (Wildman–Crippen LogP) is 1.03. The summed E-state index contributed by atoms with van der Waals surface area (Å²) in [6, 6.07) is 8.25. The Hall–Kier alpha value is -1.88. The number of hydrogen-bond acceptors (Lipinski definition) is 3. The first-order chi connectivity index (χ1) is 8.18. The van der Waals surface area contributed by atoms with Gasteiger partial charge in [0.2, 0.25) is 0 Å². The van der Waals surface area contributed by atoms with Gasteiger partial charge in [-0.1, -0.05) is 18.2 Å². The molecule has 1 aromatic rings. The molecule has 0 aromatic heterocycles. The molecule has 0 heterocycles. The number of carbonyl (C=O) groups excluding carboxylic acids is 1. The summed E-state index contributed by atoms with van der Waals surface area (Å²) >= 11 is 0. The average Bonchev–Trinajstić information content (AvgIpc) is 2.28. The molecule has 0 radical (unpaired) electrons. The van der Waals surface area contributed by atoms with E-state index in [9.17, 15) is 19.8 Å². The van der Waals surface area contributed by atoms with Crippen LogP contribution >= 0.6 is 0 Å². The number of rotatable bonds is 4. The van der Waals surface area contributed by atoms with E-state index in [-0.39, 0.29) is 0 Å². The molecule has 1 unspecified atom stereocenters. The second-order valence-electron chi connectivity index (χ2n) is 4.81. The fourth-order valence-electron chi connectivity index (χ4n) is 1.36. The smallest absolute Gasteiger partial charge is 0.332 e. The van der Waals surface area contributed by atoms with Crippen LogP contribution in [-0.4, -0.2) is 33.2 Å². The Kier molecular flexibility index (Phi) is 3.76. The monoisotopic (exact) mass is 251 g/mol. The summed E-state index contributed by atoms with van der Waals surface area (Å²) in [7, 11) is 0. The summed E-state index contributed by atoms with van der Waals surface area (Å²) < 4.78 is 0. The van der Waals surface area contributed by atoms with Crippen molar-refractivity contribution in [1.82, 2.24) is 5.32 Å². The van der Waals surface area contributed by atoms with Gasteiger partial charge in [0.1, 0.15) is 0 Å². The van der Waals surface area contributed by atoms with E-state index in [0.29, 0.717) is 5.56 Å². The van der Waals surface area contributed by atoms with Crippen LogP contribution in [0.1, 0.15) is 31.1 Å². The number of amides is 1. The number of carbonyl (C=O) groups is 2. The van der Waals surface area contributed by atoms with Gasteiger partial charge < -0.3 is 15.5 Å². The van der Waals surface area contributed by atoms with Gasteiger partial charge in [0, 0.05) is 5.56 Å². The molecule has 1 amide bonds. The molecule has 1 rings (SSSR count). The second kappa shape index (κ2) is 4.78. The van der Waals surface area contributed by atoms with Crippen LogP contribution in [-0.2, 0) is 4.79 Å². The molecule has 0 saturated heterocycles. The minimum absolute atomic E-state index is 0.342. The quantitative estimate of drug-likeness (QED) is 0.746. The van der Waals surface area contributed by atoms with Gasteiger partial charge in [0.05, 0.1) is 5.60 Å². The van der Waals surface area contributed by atoms with Crippen LogP contribution < -0.4 is 5.32 Å². The van der Waals surface area contributed by atoms with E-state index in [4.69, 9.17) is 0 Å². The molecule has 0 aliphatic heterocycles. The standard InChI is InChI=1S/C13H17NO4/c1-12(2,18)13(3,11(16)17)14-10(15)9-7-5-4-6-8-9/h4-8,18H,1-3H3,(H,14,15)(H,16,17). The van der Waals surface area contributed by atoms with E-state index in [1.54, 1.807) is 30.3 Å². The van der Waals surface area contributed by atoms with E-state index in [1.165, 1.54) is 20.8 Å². The molecule has 0 fully saturated rings. The summed E-state index contributed by atoms with van der Waals surface area (Å²) in [6.45, 7) is 3.95. The Bertz CT molecular complexity index is 450. The molecule has 0 spiro atoms. The fraction of sp³-hybridized carbons (Fsp3) is 0.385. The Morgan fingerprint density at radius 3 is 2.00 bits per heavy atom. The highest BCUT2D eigenvalue weighted by Crippen LogP contribution is 2.22. The lowest BCUT2D eigenvalue weighted by atomic mass is 9.83. The molecular formula is C13H17NO4. The van der Waals surface area contributed by atoms with Gasteiger partial charge in [0.15, 0.2) is 5.54 Å². The number of benzene rings is 1. The van der Waals surface area contributed by atoms with Crippen molar-refractivity contribution in [2.45, 2.75) is 31.9 Å². The summed E-state index contributed by atoms with van der Waals surface area (Å²) in [5, 5.41) is 21.5. The van der Waals surface area contributed by atoms with Gasteiger partial charge >= 0.3 is 5.97 Å². The second-order valence-corrected chi connectivity index (χ2v) is 4.81. The van der Waals surface area contributed by atoms with E-state index in [2.05, 4.69) is 5.32 Å². The molecule has 1 aromatic carbocycles. The predicted molar refractivity (Wildman–Crippen MR) is 66.2 cm³/mol. The van der Waals surface area contributed by atoms with Crippen LogP contribution in [0.4, 0.5) is 0 Å². The molecule has 18 heavy (non-hydrogen) atoms. The number of hydrogen-bond donors (Lipinski definition) is 3. The van der Waals surface area contributed by atoms with Gasteiger partial charge in [-0.3, -0.25) is 4.79 Å². The molecule has 5 heteroatoms. The third-order valence-corrected chi connectivity index (χ3v) is 3.05. The number of nitrogens with one attached hydrogen (secondary N) is 1. The maximum Gasteiger partial charge on any atom is 0.332 e. The molecule has 0 aliphatic carbocycles. The van der Waals surface area contributed by atoms with E-state index >= 15 is 0 Å². The maximum atomic E-state index is 11.9. The van der Waals surface area contributed by atoms with Crippen molar-refractivity contribution in [1.29, 1.82) is 0 Å². The van der Waals surface area contributed by atoms with Crippen molar-refractivity contribution in [3.63, 3.8) is 0 Å². The van der Waals surface area contributed by atoms with Crippen molar-refractivity contribution in [3.8, 4) is 0 Å². The lowest BCUT2D eigenvalue weighted by Gasteiger charge is -2.37. The van der Waals surface area contributed by atoms with Crippen LogP contribution in [0.2, 0.25) is 0 Å². The highest BCUT2D eigenvalue weighted by molar-refractivity contribution is 5.98. The fourth-order valence-corrected chi connectivity index (χ4v) is 1.36. The number of carboxylic acids is 1. The van der Waals surface area contributed by atoms with Crippen molar-refractivity contribution in [2.24, 2.45) is 0 Å². The third-order valence-electron chi connectivity index (χ3n) is 3.05. The van der Waals surface area contributed by atoms with Crippen LogP contribution in [0, 0.1) is 0 Å². The number of carboxylic acid groups (broad SMARTS) is 1. The van der Waals surface area contributed by atoms with E-state index < -0.39 is 23.0 Å². The van der Waals surface area contributed by atoms with Crippen LogP contribution in [0.15, 0.2) is 30.3 Å². The minimum Gasteiger partial charge on any atom is -0.479 e. The molecule has 0 bridgehead atoms. The van der Waals surface area contributed by atoms with Crippen molar-refractivity contribution >= 4 is 11.9 Å². The molecule has 1 atom stereocenters. The molecule has 5 nitrogen and oxygen atoms in total. The third kappa shape index (κ3) is 2.68. The van der Waals surface area contributed by atoms with Gasteiger partial charge in [-0.25, -0.2) is 4.79 Å². The molecule has 0 aliphatic rings. The summed E-state index contributed by atoms with van der Waals surface area (Å²) in [4.78, 5) is 23.2. The first kappa shape index (κ1) is 14.2. The van der Waals surface area contributed by atoms with Crippen molar-refractivity contribution in [3.05, 3.63) is 35.9 Å². The highest BCUT2D eigenvalue weighted by Gasteiger charge is 2.48. The van der Waals surface area contributed by atoms with Gasteiger partial charge in [-0.05, 0) is 32.9 Å². The van der Waals surface area contributed by atoms with Gasteiger partial charge in [0.25, 0.3) is 5.91 Å². The van der Waals surface area contributed by atoms with Crippen molar-refractivity contribution in [2.75, 3.05) is 0 Å². The van der Waals surface area contributed by atoms with Crippen LogP contribution in [0.25, 0.3) is 0 Å². The molecular weight excluding hydrogens is 234 g/mol. The first-order valence-electron chi connectivity index (χ1n) is 5.52. The molecule has 3 N–H and O–H groups in total. The van der Waals surface area contributed by atoms with Gasteiger partial charge in [-0.2, -0.15) is 0 Å². The topological polar surface area (TPSA) is 86.6 Å². The van der Waals surface area contributed by atoms with Gasteiger partial charge in [-0.15, -0.1) is 0 Å². The first-order valence-corrected chi connectivity index (χ1v) is 5.52. The van der Waals surface area contributed by atoms with Crippen LogP contribution in [0.3, 0.4) is 0 Å². The lowest BCUT2D eigenvalue weighted by Crippen LogP contribution is -2.64. The number of aliphatic hydroxyl groups is 1. The SMILES string of the molecule is CC(C)(O)C(C)(NC(=O)c1ccccc1)C(=O)O. The molecule has 0 saturated carbocycles. The highest BCUT2D eigenvalue weighted by atomic mass is 16.4. The Balaban J connectivity index is 3.01. The Morgan fingerprint density at radius 2 is 1.61 bits per heavy atom. The number of aliphatic carboxylic acids is 1. The maximum absolute atomic E-state index is 11.9. The zero-order valence-electron chi connectivity index (χ0n) is 10.6. The zero-order chi connectivity index (χ0) is 14.0. The normalized spacial score (nSPS) is 14.7. The van der Waals surface area contributed by atoms with E-state index in [0.717, 1.165) is 0 Å². The average molecular weight is 251 g/mol. The van der Waals surface area contributed by atoms with Crippen molar-refractivity contribution < 1.29 is 19.8 Å². The Morgan fingerprint density at radius 1 is 1.11 bits per heavy atom. The summed E-state index contributed by atoms with van der Waals surface area (Å²) in [5.74, 6) is -1.83.